The lowest BCUT2D eigenvalue weighted by molar-refractivity contribution is -0.142. The zero-order chi connectivity index (χ0) is 21.9. The lowest BCUT2D eigenvalue weighted by atomic mass is 9.83. The van der Waals surface area contributed by atoms with E-state index in [4.69, 9.17) is 0 Å². The van der Waals surface area contributed by atoms with E-state index in [0.29, 0.717) is 19.6 Å². The van der Waals surface area contributed by atoms with Gasteiger partial charge in [-0.15, -0.1) is 11.3 Å². The Bertz CT molecular complexity index is 1230. The third-order valence-electron chi connectivity index (χ3n) is 5.78. The molecule has 31 heavy (non-hydrogen) atoms. The van der Waals surface area contributed by atoms with Gasteiger partial charge in [-0.2, -0.15) is 18.3 Å². The van der Waals surface area contributed by atoms with Crippen molar-refractivity contribution >= 4 is 17.2 Å². The fraction of sp³-hybridized carbons (Fsp3) is 0.400. The monoisotopic (exact) mass is 449 g/mol. The second-order valence-electron chi connectivity index (χ2n) is 8.00. The summed E-state index contributed by atoms with van der Waals surface area (Å²) < 4.78 is 42.4. The van der Waals surface area contributed by atoms with Crippen molar-refractivity contribution in [2.75, 3.05) is 13.1 Å². The first-order valence-electron chi connectivity index (χ1n) is 9.79. The van der Waals surface area contributed by atoms with Gasteiger partial charge in [-0.3, -0.25) is 9.59 Å². The molecule has 0 aliphatic carbocycles. The Labute approximate surface area is 178 Å². The van der Waals surface area contributed by atoms with Crippen LogP contribution in [0.3, 0.4) is 0 Å². The van der Waals surface area contributed by atoms with E-state index in [0.717, 1.165) is 34.2 Å². The van der Waals surface area contributed by atoms with E-state index in [9.17, 15) is 22.8 Å². The Morgan fingerprint density at radius 3 is 2.81 bits per heavy atom. The van der Waals surface area contributed by atoms with Gasteiger partial charge in [-0.25, -0.2) is 9.67 Å². The number of thiazole rings is 1. The van der Waals surface area contributed by atoms with Crippen molar-refractivity contribution in [1.82, 2.24) is 24.2 Å². The van der Waals surface area contributed by atoms with Crippen molar-refractivity contribution in [2.45, 2.75) is 32.0 Å². The summed E-state index contributed by atoms with van der Waals surface area (Å²) in [5.41, 5.74) is 0.279. The van der Waals surface area contributed by atoms with Gasteiger partial charge in [0.05, 0.1) is 5.69 Å². The summed E-state index contributed by atoms with van der Waals surface area (Å²) in [5, 5.41) is 5.37. The fourth-order valence-corrected chi connectivity index (χ4v) is 5.29. The Morgan fingerprint density at radius 1 is 1.23 bits per heavy atom. The van der Waals surface area contributed by atoms with Crippen molar-refractivity contribution in [3.8, 4) is 5.13 Å². The predicted molar refractivity (Wildman–Crippen MR) is 106 cm³/mol. The van der Waals surface area contributed by atoms with Crippen LogP contribution in [-0.2, 0) is 12.7 Å². The number of likely N-dealkylation sites (tertiary alicyclic amines) is 1. The number of hydrogen-bond acceptors (Lipinski definition) is 5. The topological polar surface area (TPSA) is 73.0 Å². The average Bonchev–Trinajstić information content (AvgIpc) is 3.34. The van der Waals surface area contributed by atoms with Gasteiger partial charge in [0, 0.05) is 42.7 Å². The maximum atomic E-state index is 13.3. The number of carbonyl (C=O) groups excluding carboxylic acids is 1. The molecular formula is C20H18F3N5O2S. The van der Waals surface area contributed by atoms with Crippen LogP contribution >= 0.6 is 11.3 Å². The molecule has 2 aliphatic rings. The van der Waals surface area contributed by atoms with E-state index >= 15 is 0 Å². The number of halogens is 3. The van der Waals surface area contributed by atoms with E-state index in [2.05, 4.69) is 10.1 Å². The summed E-state index contributed by atoms with van der Waals surface area (Å²) in [7, 11) is 0. The molecule has 5 rings (SSSR count). The number of amides is 1. The molecule has 0 radical (unpaired) electrons. The molecule has 3 aromatic heterocycles. The number of fused-ring (bicyclic) bond motifs is 4. The van der Waals surface area contributed by atoms with E-state index in [-0.39, 0.29) is 39.8 Å². The number of carbonyl (C=O) groups is 1. The van der Waals surface area contributed by atoms with Gasteiger partial charge in [0.1, 0.15) is 5.69 Å². The molecule has 5 heterocycles. The number of piperidine rings is 1. The number of rotatable bonds is 2. The minimum absolute atomic E-state index is 0.00197. The summed E-state index contributed by atoms with van der Waals surface area (Å²) in [4.78, 5) is 31.1. The number of alkyl halides is 3. The summed E-state index contributed by atoms with van der Waals surface area (Å²) in [5.74, 6) is -0.116. The molecule has 2 atom stereocenters. The highest BCUT2D eigenvalue weighted by molar-refractivity contribution is 7.12. The molecule has 1 amide bonds. The lowest BCUT2D eigenvalue weighted by Crippen LogP contribution is -2.49. The average molecular weight is 449 g/mol. The van der Waals surface area contributed by atoms with Crippen molar-refractivity contribution in [2.24, 2.45) is 5.92 Å². The predicted octanol–water partition coefficient (Wildman–Crippen LogP) is 3.08. The van der Waals surface area contributed by atoms with Gasteiger partial charge in [0.25, 0.3) is 11.5 Å². The van der Waals surface area contributed by atoms with E-state index in [1.807, 2.05) is 6.07 Å². The van der Waals surface area contributed by atoms with Crippen LogP contribution < -0.4 is 5.56 Å². The minimum Gasteiger partial charge on any atom is -0.336 e. The normalized spacial score (nSPS) is 20.6. The highest BCUT2D eigenvalue weighted by atomic mass is 32.1. The Hall–Kier alpha value is -2.95. The molecular weight excluding hydrogens is 431 g/mol. The van der Waals surface area contributed by atoms with Gasteiger partial charge in [-0.1, -0.05) is 6.07 Å². The Kier molecular flexibility index (Phi) is 4.54. The molecule has 0 N–H and O–H groups in total. The maximum Gasteiger partial charge on any atom is 0.433 e. The van der Waals surface area contributed by atoms with Gasteiger partial charge >= 0.3 is 6.18 Å². The third kappa shape index (κ3) is 3.46. The lowest BCUT2D eigenvalue weighted by Gasteiger charge is -2.42. The molecule has 3 aromatic rings. The Morgan fingerprint density at radius 2 is 2.03 bits per heavy atom. The van der Waals surface area contributed by atoms with Crippen LogP contribution in [0.5, 0.6) is 0 Å². The molecule has 1 saturated heterocycles. The van der Waals surface area contributed by atoms with Crippen molar-refractivity contribution in [3.05, 3.63) is 62.8 Å². The number of aryl methyl sites for hydroxylation is 1. The maximum absolute atomic E-state index is 13.3. The van der Waals surface area contributed by atoms with E-state index < -0.39 is 11.9 Å². The second kappa shape index (κ2) is 7.04. The molecule has 162 valence electrons. The fourth-order valence-electron chi connectivity index (χ4n) is 4.53. The number of nitrogens with zero attached hydrogens (tertiary/aromatic N) is 5. The highest BCUT2D eigenvalue weighted by Crippen LogP contribution is 2.36. The molecule has 2 bridgehead atoms. The van der Waals surface area contributed by atoms with E-state index in [1.165, 1.54) is 18.4 Å². The first-order chi connectivity index (χ1) is 14.7. The third-order valence-corrected chi connectivity index (χ3v) is 6.60. The Balaban J connectivity index is 1.41. The first-order valence-corrected chi connectivity index (χ1v) is 10.7. The highest BCUT2D eigenvalue weighted by Gasteiger charge is 2.38. The SMILES string of the molecule is Cc1cc(C(F)(F)F)n(-c2nc(C(=O)N3C[C@@H]4C[C@H](C3)c3cccc(=O)n3C4)cs2)n1. The molecule has 0 unspecified atom stereocenters. The quantitative estimate of drug-likeness (QED) is 0.603. The van der Waals surface area contributed by atoms with Crippen LogP contribution in [0.25, 0.3) is 5.13 Å². The van der Waals surface area contributed by atoms with Crippen LogP contribution in [0.2, 0.25) is 0 Å². The largest absolute Gasteiger partial charge is 0.433 e. The standard InChI is InChI=1S/C20H18F3N5O2S/c1-11-5-16(20(21,22)23)28(25-11)19-24-14(10-31-19)18(30)26-7-12-6-13(9-26)15-3-2-4-17(29)27(15)8-12/h2-5,10,12-13H,6-9H2,1H3/t12-,13+/m0/s1. The molecule has 2 aliphatic heterocycles. The van der Waals surface area contributed by atoms with Gasteiger partial charge in [0.15, 0.2) is 5.69 Å². The van der Waals surface area contributed by atoms with Gasteiger partial charge in [-0.05, 0) is 31.4 Å². The number of hydrogen-bond donors (Lipinski definition) is 0. The molecule has 0 saturated carbocycles. The molecule has 1 fully saturated rings. The van der Waals surface area contributed by atoms with Gasteiger partial charge in [0.2, 0.25) is 5.13 Å². The summed E-state index contributed by atoms with van der Waals surface area (Å²) in [6, 6.07) is 6.13. The summed E-state index contributed by atoms with van der Waals surface area (Å²) >= 11 is 0.947. The molecule has 7 nitrogen and oxygen atoms in total. The van der Waals surface area contributed by atoms with Crippen LogP contribution in [-0.4, -0.2) is 43.2 Å². The minimum atomic E-state index is -4.58. The zero-order valence-corrected chi connectivity index (χ0v) is 17.3. The molecule has 0 aromatic carbocycles. The van der Waals surface area contributed by atoms with Crippen LogP contribution in [0, 0.1) is 12.8 Å². The van der Waals surface area contributed by atoms with Crippen LogP contribution in [0.15, 0.2) is 34.4 Å². The van der Waals surface area contributed by atoms with Crippen molar-refractivity contribution < 1.29 is 18.0 Å². The van der Waals surface area contributed by atoms with Crippen LogP contribution in [0.4, 0.5) is 13.2 Å². The van der Waals surface area contributed by atoms with E-state index in [1.54, 1.807) is 15.5 Å². The van der Waals surface area contributed by atoms with Crippen molar-refractivity contribution in [3.63, 3.8) is 0 Å². The zero-order valence-electron chi connectivity index (χ0n) is 16.5. The summed E-state index contributed by atoms with van der Waals surface area (Å²) in [6.07, 6.45) is -3.68. The summed E-state index contributed by atoms with van der Waals surface area (Å²) in [6.45, 7) is 2.96. The first kappa shape index (κ1) is 20.0. The second-order valence-corrected chi connectivity index (χ2v) is 8.84. The molecule has 0 spiro atoms. The van der Waals surface area contributed by atoms with Gasteiger partial charge < -0.3 is 9.47 Å². The number of aromatic nitrogens is 4. The van der Waals surface area contributed by atoms with Crippen molar-refractivity contribution in [1.29, 1.82) is 0 Å². The number of pyridine rings is 1. The molecule has 11 heteroatoms. The smallest absolute Gasteiger partial charge is 0.336 e. The van der Waals surface area contributed by atoms with Crippen LogP contribution in [0.1, 0.15) is 39.9 Å².